The van der Waals surface area contributed by atoms with Crippen LogP contribution in [-0.4, -0.2) is 13.0 Å². The smallest absolute Gasteiger partial charge is 0.221 e. The molecule has 0 unspecified atom stereocenters. The number of aryl methyl sites for hydroxylation is 2. The fourth-order valence-electron chi connectivity index (χ4n) is 2.92. The van der Waals surface area contributed by atoms with Gasteiger partial charge >= 0.3 is 0 Å². The van der Waals surface area contributed by atoms with Crippen molar-refractivity contribution < 1.29 is 9.53 Å². The number of thiophene rings is 1. The zero-order valence-corrected chi connectivity index (χ0v) is 16.0. The van der Waals surface area contributed by atoms with Crippen LogP contribution in [0.15, 0.2) is 24.3 Å². The minimum absolute atomic E-state index is 0.108. The lowest BCUT2D eigenvalue weighted by Crippen LogP contribution is -2.22. The Morgan fingerprint density at radius 2 is 1.88 bits per heavy atom. The van der Waals surface area contributed by atoms with Gasteiger partial charge in [0.05, 0.1) is 12.8 Å². The van der Waals surface area contributed by atoms with Crippen molar-refractivity contribution in [1.29, 1.82) is 0 Å². The topological polar surface area (TPSA) is 50.4 Å². The molecule has 0 saturated heterocycles. The van der Waals surface area contributed by atoms with E-state index in [1.54, 1.807) is 7.11 Å². The molecular formula is C19H26N2O2S. The summed E-state index contributed by atoms with van der Waals surface area (Å²) in [4.78, 5) is 14.1. The second-order valence-corrected chi connectivity index (χ2v) is 7.58. The molecule has 0 aliphatic heterocycles. The van der Waals surface area contributed by atoms with E-state index in [-0.39, 0.29) is 18.0 Å². The Kier molecular flexibility index (Phi) is 6.02. The van der Waals surface area contributed by atoms with Gasteiger partial charge in [-0.25, -0.2) is 0 Å². The maximum absolute atomic E-state index is 11.4. The fourth-order valence-corrected chi connectivity index (χ4v) is 3.95. The van der Waals surface area contributed by atoms with Gasteiger partial charge in [-0.3, -0.25) is 4.79 Å². The Hall–Kier alpha value is -1.85. The standard InChI is InChI=1S/C19H26N2O2S/c1-11-9-17(14(4)24-11)13(3)20-12(2)16-7-8-19(23-6)18(10-16)21-15(5)22/h7-10,12-13,20H,1-6H3,(H,21,22)/t12-,13+/m1/s1. The van der Waals surface area contributed by atoms with Crippen molar-refractivity contribution in [3.8, 4) is 5.75 Å². The Balaban J connectivity index is 2.18. The van der Waals surface area contributed by atoms with E-state index < -0.39 is 0 Å². The molecule has 4 nitrogen and oxygen atoms in total. The number of rotatable bonds is 6. The molecule has 0 saturated carbocycles. The van der Waals surface area contributed by atoms with Gasteiger partial charge in [0.1, 0.15) is 5.75 Å². The Morgan fingerprint density at radius 3 is 2.42 bits per heavy atom. The molecule has 0 aliphatic rings. The number of carbonyl (C=O) groups is 1. The molecule has 0 fully saturated rings. The van der Waals surface area contributed by atoms with Gasteiger partial charge in [-0.1, -0.05) is 6.07 Å². The molecule has 5 heteroatoms. The third kappa shape index (κ3) is 4.36. The molecule has 2 rings (SSSR count). The van der Waals surface area contributed by atoms with E-state index in [1.165, 1.54) is 22.2 Å². The first-order valence-corrected chi connectivity index (χ1v) is 8.92. The molecule has 1 heterocycles. The number of hydrogen-bond acceptors (Lipinski definition) is 4. The van der Waals surface area contributed by atoms with E-state index in [2.05, 4.69) is 44.4 Å². The zero-order valence-electron chi connectivity index (χ0n) is 15.2. The molecule has 2 atom stereocenters. The highest BCUT2D eigenvalue weighted by Crippen LogP contribution is 2.31. The maximum atomic E-state index is 11.4. The normalized spacial score (nSPS) is 13.4. The third-order valence-electron chi connectivity index (χ3n) is 4.08. The summed E-state index contributed by atoms with van der Waals surface area (Å²) >= 11 is 1.83. The zero-order chi connectivity index (χ0) is 17.9. The van der Waals surface area contributed by atoms with Crippen LogP contribution in [0.5, 0.6) is 5.75 Å². The lowest BCUT2D eigenvalue weighted by atomic mass is 10.0. The minimum atomic E-state index is -0.108. The quantitative estimate of drug-likeness (QED) is 0.794. The molecular weight excluding hydrogens is 320 g/mol. The molecule has 130 valence electrons. The highest BCUT2D eigenvalue weighted by atomic mass is 32.1. The lowest BCUT2D eigenvalue weighted by Gasteiger charge is -2.22. The molecule has 0 spiro atoms. The summed E-state index contributed by atoms with van der Waals surface area (Å²) in [6.45, 7) is 10.1. The van der Waals surface area contributed by atoms with Gasteiger partial charge < -0.3 is 15.4 Å². The summed E-state index contributed by atoms with van der Waals surface area (Å²) in [6.07, 6.45) is 0. The van der Waals surface area contributed by atoms with Gasteiger partial charge in [-0.15, -0.1) is 11.3 Å². The number of carbonyl (C=O) groups excluding carboxylic acids is 1. The van der Waals surface area contributed by atoms with Crippen molar-refractivity contribution in [3.05, 3.63) is 45.1 Å². The van der Waals surface area contributed by atoms with E-state index in [4.69, 9.17) is 4.74 Å². The average Bonchev–Trinajstić information content (AvgIpc) is 2.85. The highest BCUT2D eigenvalue weighted by Gasteiger charge is 2.16. The highest BCUT2D eigenvalue weighted by molar-refractivity contribution is 7.12. The van der Waals surface area contributed by atoms with E-state index in [0.717, 1.165) is 5.56 Å². The molecule has 1 aromatic carbocycles. The van der Waals surface area contributed by atoms with E-state index in [9.17, 15) is 4.79 Å². The van der Waals surface area contributed by atoms with Crippen LogP contribution in [0.2, 0.25) is 0 Å². The van der Waals surface area contributed by atoms with Crippen LogP contribution in [0, 0.1) is 13.8 Å². The summed E-state index contributed by atoms with van der Waals surface area (Å²) in [5.74, 6) is 0.558. The summed E-state index contributed by atoms with van der Waals surface area (Å²) < 4.78 is 5.32. The van der Waals surface area contributed by atoms with Crippen molar-refractivity contribution in [2.45, 2.75) is 46.7 Å². The van der Waals surface area contributed by atoms with Gasteiger partial charge in [0.25, 0.3) is 0 Å². The SMILES string of the molecule is COc1ccc([C@@H](C)N[C@@H](C)c2cc(C)sc2C)cc1NC(C)=O. The molecule has 0 aliphatic carbocycles. The first kappa shape index (κ1) is 18.5. The lowest BCUT2D eigenvalue weighted by molar-refractivity contribution is -0.114. The second kappa shape index (κ2) is 7.81. The number of benzene rings is 1. The Morgan fingerprint density at radius 1 is 1.17 bits per heavy atom. The molecule has 1 amide bonds. The van der Waals surface area contributed by atoms with E-state index in [0.29, 0.717) is 11.4 Å². The number of hydrogen-bond donors (Lipinski definition) is 2. The van der Waals surface area contributed by atoms with Crippen LogP contribution in [0.3, 0.4) is 0 Å². The van der Waals surface area contributed by atoms with Crippen LogP contribution in [-0.2, 0) is 4.79 Å². The van der Waals surface area contributed by atoms with Gasteiger partial charge in [-0.2, -0.15) is 0 Å². The summed E-state index contributed by atoms with van der Waals surface area (Å²) in [5.41, 5.74) is 3.15. The number of amides is 1. The van der Waals surface area contributed by atoms with Gasteiger partial charge in [-0.05, 0) is 57.0 Å². The van der Waals surface area contributed by atoms with E-state index >= 15 is 0 Å². The largest absolute Gasteiger partial charge is 0.495 e. The van der Waals surface area contributed by atoms with Gasteiger partial charge in [0, 0.05) is 28.8 Å². The van der Waals surface area contributed by atoms with Crippen LogP contribution < -0.4 is 15.4 Å². The van der Waals surface area contributed by atoms with Crippen LogP contribution >= 0.6 is 11.3 Å². The molecule has 24 heavy (non-hydrogen) atoms. The first-order chi connectivity index (χ1) is 11.3. The monoisotopic (exact) mass is 346 g/mol. The maximum Gasteiger partial charge on any atom is 0.221 e. The Labute approximate surface area is 148 Å². The average molecular weight is 346 g/mol. The van der Waals surface area contributed by atoms with Crippen molar-refractivity contribution in [3.63, 3.8) is 0 Å². The van der Waals surface area contributed by atoms with Crippen LogP contribution in [0.25, 0.3) is 0 Å². The number of ether oxygens (including phenoxy) is 1. The number of methoxy groups -OCH3 is 1. The van der Waals surface area contributed by atoms with Crippen molar-refractivity contribution in [2.75, 3.05) is 12.4 Å². The van der Waals surface area contributed by atoms with Crippen molar-refractivity contribution in [2.24, 2.45) is 0 Å². The predicted octanol–water partition coefficient (Wildman–Crippen LogP) is 4.74. The number of anilines is 1. The van der Waals surface area contributed by atoms with Gasteiger partial charge in [0.2, 0.25) is 5.91 Å². The molecule has 0 bridgehead atoms. The van der Waals surface area contributed by atoms with E-state index in [1.807, 2.05) is 29.5 Å². The summed E-state index contributed by atoms with van der Waals surface area (Å²) in [7, 11) is 1.60. The fraction of sp³-hybridized carbons (Fsp3) is 0.421. The van der Waals surface area contributed by atoms with Gasteiger partial charge in [0.15, 0.2) is 0 Å². The molecule has 0 radical (unpaired) electrons. The van der Waals surface area contributed by atoms with Crippen LogP contribution in [0.1, 0.15) is 53.7 Å². The van der Waals surface area contributed by atoms with Crippen molar-refractivity contribution in [1.82, 2.24) is 5.32 Å². The first-order valence-electron chi connectivity index (χ1n) is 8.10. The molecule has 1 aromatic heterocycles. The summed E-state index contributed by atoms with van der Waals surface area (Å²) in [6, 6.07) is 8.55. The Bertz CT molecular complexity index is 724. The second-order valence-electron chi connectivity index (χ2n) is 6.12. The minimum Gasteiger partial charge on any atom is -0.495 e. The molecule has 2 N–H and O–H groups in total. The summed E-state index contributed by atoms with van der Waals surface area (Å²) in [5, 5.41) is 6.46. The molecule has 2 aromatic rings. The third-order valence-corrected chi connectivity index (χ3v) is 5.06. The van der Waals surface area contributed by atoms with Crippen molar-refractivity contribution >= 4 is 22.9 Å². The number of nitrogens with one attached hydrogen (secondary N) is 2. The van der Waals surface area contributed by atoms with Crippen LogP contribution in [0.4, 0.5) is 5.69 Å². The predicted molar refractivity (Wildman–Crippen MR) is 101 cm³/mol.